The fourth-order valence-electron chi connectivity index (χ4n) is 2.45. The second-order valence-corrected chi connectivity index (χ2v) is 7.01. The van der Waals surface area contributed by atoms with E-state index in [9.17, 15) is 9.59 Å². The van der Waals surface area contributed by atoms with E-state index in [2.05, 4.69) is 10.6 Å². The van der Waals surface area contributed by atoms with E-state index in [1.54, 1.807) is 32.9 Å². The molecule has 126 valence electrons. The van der Waals surface area contributed by atoms with Crippen LogP contribution in [0.15, 0.2) is 18.2 Å². The fraction of sp³-hybridized carbons (Fsp3) is 0.500. The van der Waals surface area contributed by atoms with Gasteiger partial charge in [-0.15, -0.1) is 0 Å². The molecule has 7 heteroatoms. The maximum Gasteiger partial charge on any atom is 0.412 e. The number of benzene rings is 1. The average molecular weight is 341 g/mol. The van der Waals surface area contributed by atoms with E-state index in [-0.39, 0.29) is 6.04 Å². The highest BCUT2D eigenvalue weighted by Gasteiger charge is 2.30. The molecular formula is C16H21ClN2O4. The fourth-order valence-corrected chi connectivity index (χ4v) is 2.61. The van der Waals surface area contributed by atoms with Crippen LogP contribution in [0, 0.1) is 5.92 Å². The largest absolute Gasteiger partial charge is 0.481 e. The molecule has 2 rings (SSSR count). The number of anilines is 1. The van der Waals surface area contributed by atoms with Crippen LogP contribution in [-0.4, -0.2) is 29.3 Å². The number of halogens is 1. The molecule has 1 saturated heterocycles. The first-order valence-corrected chi connectivity index (χ1v) is 7.79. The summed E-state index contributed by atoms with van der Waals surface area (Å²) in [6, 6.07) is 5.17. The van der Waals surface area contributed by atoms with Crippen molar-refractivity contribution in [2.45, 2.75) is 38.8 Å². The molecule has 0 spiro atoms. The maximum absolute atomic E-state index is 11.9. The van der Waals surface area contributed by atoms with Crippen LogP contribution in [0.3, 0.4) is 0 Å². The standard InChI is InChI=1S/C16H21ClN2O4/c1-16(2,3)23-15(22)19-13-6-9(4-5-11(13)17)12-7-10(8-18-12)14(20)21/h4-6,10,12,18H,7-8H2,1-3H3,(H,19,22)(H,20,21). The van der Waals surface area contributed by atoms with E-state index in [0.717, 1.165) is 5.56 Å². The van der Waals surface area contributed by atoms with Crippen LogP contribution in [0.2, 0.25) is 5.02 Å². The first-order chi connectivity index (χ1) is 10.7. The molecule has 0 bridgehead atoms. The van der Waals surface area contributed by atoms with Crippen molar-refractivity contribution >= 4 is 29.4 Å². The predicted molar refractivity (Wildman–Crippen MR) is 87.8 cm³/mol. The SMILES string of the molecule is CC(C)(C)OC(=O)Nc1cc(C2CC(C(=O)O)CN2)ccc1Cl. The van der Waals surface area contributed by atoms with Gasteiger partial charge in [-0.25, -0.2) is 4.79 Å². The van der Waals surface area contributed by atoms with Crippen LogP contribution in [0.1, 0.15) is 38.8 Å². The zero-order valence-electron chi connectivity index (χ0n) is 13.4. The number of hydrogen-bond donors (Lipinski definition) is 3. The van der Waals surface area contributed by atoms with Gasteiger partial charge >= 0.3 is 12.1 Å². The van der Waals surface area contributed by atoms with E-state index in [0.29, 0.717) is 23.7 Å². The normalized spacial score (nSPS) is 21.0. The molecule has 1 fully saturated rings. The second kappa shape index (κ2) is 6.76. The summed E-state index contributed by atoms with van der Waals surface area (Å²) in [5, 5.41) is 15.3. The van der Waals surface area contributed by atoms with Crippen molar-refractivity contribution in [2.24, 2.45) is 5.92 Å². The van der Waals surface area contributed by atoms with Crippen molar-refractivity contribution in [1.82, 2.24) is 5.32 Å². The topological polar surface area (TPSA) is 87.7 Å². The summed E-state index contributed by atoms with van der Waals surface area (Å²) in [6.45, 7) is 5.76. The van der Waals surface area contributed by atoms with Gasteiger partial charge in [0.05, 0.1) is 16.6 Å². The number of aliphatic carboxylic acids is 1. The summed E-state index contributed by atoms with van der Waals surface area (Å²) in [7, 11) is 0. The Kier molecular flexibility index (Phi) is 5.16. The zero-order chi connectivity index (χ0) is 17.2. The average Bonchev–Trinajstić information content (AvgIpc) is 2.89. The molecule has 6 nitrogen and oxygen atoms in total. The third-order valence-corrected chi connectivity index (χ3v) is 3.84. The van der Waals surface area contributed by atoms with E-state index in [1.165, 1.54) is 0 Å². The maximum atomic E-state index is 11.9. The minimum atomic E-state index is -0.805. The monoisotopic (exact) mass is 340 g/mol. The molecule has 1 aromatic carbocycles. The Bertz CT molecular complexity index is 613. The molecule has 0 aliphatic carbocycles. The number of ether oxygens (including phenoxy) is 1. The quantitative estimate of drug-likeness (QED) is 0.784. The number of carbonyl (C=O) groups is 2. The number of hydrogen-bond acceptors (Lipinski definition) is 4. The van der Waals surface area contributed by atoms with Crippen LogP contribution in [0.25, 0.3) is 0 Å². The van der Waals surface area contributed by atoms with E-state index < -0.39 is 23.6 Å². The van der Waals surface area contributed by atoms with Crippen LogP contribution in [0.4, 0.5) is 10.5 Å². The number of carboxylic acids is 1. The Labute approximate surface area is 140 Å². The minimum absolute atomic E-state index is 0.0763. The third-order valence-electron chi connectivity index (χ3n) is 3.51. The molecule has 1 aliphatic heterocycles. The summed E-state index contributed by atoms with van der Waals surface area (Å²) in [6.07, 6.45) is -0.0811. The van der Waals surface area contributed by atoms with Crippen molar-refractivity contribution in [3.8, 4) is 0 Å². The van der Waals surface area contributed by atoms with Crippen molar-refractivity contribution in [2.75, 3.05) is 11.9 Å². The molecule has 3 N–H and O–H groups in total. The van der Waals surface area contributed by atoms with Crippen LogP contribution in [-0.2, 0) is 9.53 Å². The van der Waals surface area contributed by atoms with Crippen LogP contribution in [0.5, 0.6) is 0 Å². The summed E-state index contributed by atoms with van der Waals surface area (Å²) >= 11 is 6.11. The van der Waals surface area contributed by atoms with Gasteiger partial charge in [0.25, 0.3) is 0 Å². The van der Waals surface area contributed by atoms with Gasteiger partial charge in [0.1, 0.15) is 5.60 Å². The first kappa shape index (κ1) is 17.6. The molecular weight excluding hydrogens is 320 g/mol. The van der Waals surface area contributed by atoms with E-state index in [4.69, 9.17) is 21.4 Å². The van der Waals surface area contributed by atoms with Gasteiger partial charge in [0.15, 0.2) is 0 Å². The highest BCUT2D eigenvalue weighted by molar-refractivity contribution is 6.33. The van der Waals surface area contributed by atoms with E-state index in [1.807, 2.05) is 6.07 Å². The molecule has 0 aromatic heterocycles. The number of rotatable bonds is 3. The molecule has 2 unspecified atom stereocenters. The Morgan fingerprint density at radius 3 is 2.65 bits per heavy atom. The highest BCUT2D eigenvalue weighted by Crippen LogP contribution is 2.32. The summed E-state index contributed by atoms with van der Waals surface area (Å²) in [5.41, 5.74) is 0.721. The van der Waals surface area contributed by atoms with Gasteiger partial charge in [0, 0.05) is 12.6 Å². The van der Waals surface area contributed by atoms with Gasteiger partial charge in [-0.3, -0.25) is 10.1 Å². The number of nitrogens with one attached hydrogen (secondary N) is 2. The van der Waals surface area contributed by atoms with Gasteiger partial charge in [-0.1, -0.05) is 17.7 Å². The highest BCUT2D eigenvalue weighted by atomic mass is 35.5. The predicted octanol–water partition coefficient (Wildman–Crippen LogP) is 3.42. The Morgan fingerprint density at radius 1 is 1.39 bits per heavy atom. The summed E-state index contributed by atoms with van der Waals surface area (Å²) in [5.74, 6) is -1.21. The molecule has 2 atom stereocenters. The van der Waals surface area contributed by atoms with Gasteiger partial charge in [-0.2, -0.15) is 0 Å². The molecule has 1 amide bonds. The smallest absolute Gasteiger partial charge is 0.412 e. The molecule has 23 heavy (non-hydrogen) atoms. The number of amides is 1. The first-order valence-electron chi connectivity index (χ1n) is 7.41. The van der Waals surface area contributed by atoms with Crippen LogP contribution >= 0.6 is 11.6 Å². The molecule has 0 radical (unpaired) electrons. The van der Waals surface area contributed by atoms with Crippen molar-refractivity contribution in [3.05, 3.63) is 28.8 Å². The second-order valence-electron chi connectivity index (χ2n) is 6.60. The third kappa shape index (κ3) is 4.84. The Balaban J connectivity index is 2.10. The van der Waals surface area contributed by atoms with Crippen LogP contribution < -0.4 is 10.6 Å². The zero-order valence-corrected chi connectivity index (χ0v) is 14.1. The Morgan fingerprint density at radius 2 is 2.09 bits per heavy atom. The van der Waals surface area contributed by atoms with Gasteiger partial charge < -0.3 is 15.2 Å². The Hall–Kier alpha value is -1.79. The summed E-state index contributed by atoms with van der Waals surface area (Å²) in [4.78, 5) is 22.9. The van der Waals surface area contributed by atoms with Crippen molar-refractivity contribution in [3.63, 3.8) is 0 Å². The molecule has 1 aliphatic rings. The molecule has 0 saturated carbocycles. The minimum Gasteiger partial charge on any atom is -0.481 e. The van der Waals surface area contributed by atoms with Crippen molar-refractivity contribution < 1.29 is 19.4 Å². The number of carboxylic acid groups (broad SMARTS) is 1. The van der Waals surface area contributed by atoms with Crippen molar-refractivity contribution in [1.29, 1.82) is 0 Å². The summed E-state index contributed by atoms with van der Waals surface area (Å²) < 4.78 is 5.21. The lowest BCUT2D eigenvalue weighted by Gasteiger charge is -2.20. The number of carbonyl (C=O) groups excluding carboxylic acids is 1. The molecule has 1 aromatic rings. The van der Waals surface area contributed by atoms with Gasteiger partial charge in [0.2, 0.25) is 0 Å². The molecule has 1 heterocycles. The lowest BCUT2D eigenvalue weighted by Crippen LogP contribution is -2.27. The van der Waals surface area contributed by atoms with Gasteiger partial charge in [-0.05, 0) is 44.9 Å². The lowest BCUT2D eigenvalue weighted by molar-refractivity contribution is -0.141. The lowest BCUT2D eigenvalue weighted by atomic mass is 10.00. The van der Waals surface area contributed by atoms with E-state index >= 15 is 0 Å².